The molecule has 0 radical (unpaired) electrons. The molecule has 1 aliphatic heterocycles. The maximum Gasteiger partial charge on any atom is 0.0658 e. The Labute approximate surface area is 96.0 Å². The van der Waals surface area contributed by atoms with E-state index in [0.717, 1.165) is 24.3 Å². The van der Waals surface area contributed by atoms with Crippen LogP contribution < -0.4 is 10.6 Å². The lowest BCUT2D eigenvalue weighted by atomic mass is 10.1. The predicted molar refractivity (Wildman–Crippen MR) is 66.8 cm³/mol. The van der Waals surface area contributed by atoms with Crippen molar-refractivity contribution < 1.29 is 0 Å². The predicted octanol–water partition coefficient (Wildman–Crippen LogP) is 3.14. The number of nitrogen functional groups attached to an aromatic ring is 1. The van der Waals surface area contributed by atoms with Gasteiger partial charge in [-0.2, -0.15) is 0 Å². The minimum absolute atomic E-state index is 0.681. The second kappa shape index (κ2) is 3.93. The summed E-state index contributed by atoms with van der Waals surface area (Å²) in [5.74, 6) is 0. The summed E-state index contributed by atoms with van der Waals surface area (Å²) in [6.07, 6.45) is 2.56. The Kier molecular flexibility index (Phi) is 2.79. The molecule has 2 rings (SSSR count). The van der Waals surface area contributed by atoms with E-state index in [1.165, 1.54) is 24.1 Å². The van der Waals surface area contributed by atoms with Gasteiger partial charge < -0.3 is 10.6 Å². The topological polar surface area (TPSA) is 29.3 Å². The van der Waals surface area contributed by atoms with Gasteiger partial charge in [0.25, 0.3) is 0 Å². The van der Waals surface area contributed by atoms with E-state index in [-0.39, 0.29) is 0 Å². The van der Waals surface area contributed by atoms with Gasteiger partial charge in [0.05, 0.1) is 10.7 Å². The number of halogens is 1. The van der Waals surface area contributed by atoms with Crippen molar-refractivity contribution in [2.24, 2.45) is 0 Å². The molecule has 0 aromatic heterocycles. The fourth-order valence-electron chi connectivity index (χ4n) is 2.17. The van der Waals surface area contributed by atoms with E-state index in [2.05, 4.69) is 11.8 Å². The summed E-state index contributed by atoms with van der Waals surface area (Å²) in [6.45, 7) is 6.44. The Balaban J connectivity index is 2.47. The molecule has 2 nitrogen and oxygen atoms in total. The molecule has 0 unspecified atom stereocenters. The van der Waals surface area contributed by atoms with Gasteiger partial charge in [-0.05, 0) is 43.9 Å². The van der Waals surface area contributed by atoms with Crippen molar-refractivity contribution in [1.82, 2.24) is 0 Å². The molecule has 2 N–H and O–H groups in total. The third-order valence-corrected chi connectivity index (χ3v) is 3.63. The first-order valence-electron chi connectivity index (χ1n) is 5.41. The molecule has 0 saturated carbocycles. The maximum atomic E-state index is 6.12. The van der Waals surface area contributed by atoms with Crippen LogP contribution in [0.1, 0.15) is 24.0 Å². The second-order valence-corrected chi connectivity index (χ2v) is 4.64. The van der Waals surface area contributed by atoms with Crippen molar-refractivity contribution in [1.29, 1.82) is 0 Å². The van der Waals surface area contributed by atoms with Crippen LogP contribution in [0.5, 0.6) is 0 Å². The Morgan fingerprint density at radius 1 is 1.20 bits per heavy atom. The molecule has 1 aromatic carbocycles. The Hall–Kier alpha value is -0.890. The molecule has 0 atom stereocenters. The smallest absolute Gasteiger partial charge is 0.0658 e. The van der Waals surface area contributed by atoms with Gasteiger partial charge >= 0.3 is 0 Å². The average molecular weight is 225 g/mol. The Bertz CT molecular complexity index is 382. The molecular formula is C12H17ClN2. The van der Waals surface area contributed by atoms with Crippen molar-refractivity contribution in [3.8, 4) is 0 Å². The van der Waals surface area contributed by atoms with Crippen LogP contribution in [-0.2, 0) is 0 Å². The summed E-state index contributed by atoms with van der Waals surface area (Å²) in [6, 6.07) is 2.00. The van der Waals surface area contributed by atoms with E-state index in [1.54, 1.807) is 0 Å². The summed E-state index contributed by atoms with van der Waals surface area (Å²) < 4.78 is 0. The Morgan fingerprint density at radius 2 is 1.80 bits per heavy atom. The van der Waals surface area contributed by atoms with Gasteiger partial charge in [0.15, 0.2) is 0 Å². The third kappa shape index (κ3) is 1.78. The number of nitrogens with zero attached hydrogens (tertiary/aromatic N) is 1. The molecular weight excluding hydrogens is 208 g/mol. The lowest BCUT2D eigenvalue weighted by Gasteiger charge is -2.22. The zero-order valence-corrected chi connectivity index (χ0v) is 10.1. The average Bonchev–Trinajstić information content (AvgIpc) is 2.73. The van der Waals surface area contributed by atoms with Crippen LogP contribution in [0.15, 0.2) is 6.07 Å². The largest absolute Gasteiger partial charge is 0.397 e. The van der Waals surface area contributed by atoms with Crippen LogP contribution in [0.25, 0.3) is 0 Å². The molecule has 0 aliphatic carbocycles. The van der Waals surface area contributed by atoms with Crippen molar-refractivity contribution >= 4 is 23.0 Å². The summed E-state index contributed by atoms with van der Waals surface area (Å²) >= 11 is 6.12. The summed E-state index contributed by atoms with van der Waals surface area (Å²) in [5, 5.41) is 0.681. The lowest BCUT2D eigenvalue weighted by Crippen LogP contribution is -2.19. The minimum Gasteiger partial charge on any atom is -0.397 e. The molecule has 82 valence electrons. The minimum atomic E-state index is 0.681. The lowest BCUT2D eigenvalue weighted by molar-refractivity contribution is 0.949. The quantitative estimate of drug-likeness (QED) is 0.743. The second-order valence-electron chi connectivity index (χ2n) is 4.24. The molecule has 0 amide bonds. The van der Waals surface area contributed by atoms with Crippen LogP contribution in [0.3, 0.4) is 0 Å². The molecule has 1 aromatic rings. The van der Waals surface area contributed by atoms with E-state index in [9.17, 15) is 0 Å². The van der Waals surface area contributed by atoms with Gasteiger partial charge in [-0.25, -0.2) is 0 Å². The van der Waals surface area contributed by atoms with Crippen molar-refractivity contribution in [3.63, 3.8) is 0 Å². The molecule has 1 fully saturated rings. The maximum absolute atomic E-state index is 6.12. The van der Waals surface area contributed by atoms with Crippen molar-refractivity contribution in [2.45, 2.75) is 26.7 Å². The van der Waals surface area contributed by atoms with Gasteiger partial charge in [0.1, 0.15) is 0 Å². The van der Waals surface area contributed by atoms with Gasteiger partial charge in [-0.15, -0.1) is 0 Å². The van der Waals surface area contributed by atoms with Crippen LogP contribution in [-0.4, -0.2) is 13.1 Å². The summed E-state index contributed by atoms with van der Waals surface area (Å²) in [5.41, 5.74) is 10.3. The first-order chi connectivity index (χ1) is 7.11. The first-order valence-corrected chi connectivity index (χ1v) is 5.79. The summed E-state index contributed by atoms with van der Waals surface area (Å²) in [4.78, 5) is 2.40. The molecule has 1 heterocycles. The van der Waals surface area contributed by atoms with Gasteiger partial charge in [-0.3, -0.25) is 0 Å². The molecule has 3 heteroatoms. The molecule has 0 bridgehead atoms. The van der Waals surface area contributed by atoms with Crippen LogP contribution in [0.4, 0.5) is 11.4 Å². The zero-order valence-electron chi connectivity index (χ0n) is 9.31. The number of hydrogen-bond acceptors (Lipinski definition) is 2. The Morgan fingerprint density at radius 3 is 2.40 bits per heavy atom. The highest BCUT2D eigenvalue weighted by Gasteiger charge is 2.17. The van der Waals surface area contributed by atoms with E-state index < -0.39 is 0 Å². The summed E-state index contributed by atoms with van der Waals surface area (Å²) in [7, 11) is 0. The van der Waals surface area contributed by atoms with Crippen LogP contribution in [0, 0.1) is 13.8 Å². The number of hydrogen-bond donors (Lipinski definition) is 1. The van der Waals surface area contributed by atoms with Gasteiger partial charge in [0, 0.05) is 18.8 Å². The molecule has 1 aliphatic rings. The first kappa shape index (κ1) is 10.6. The molecule has 1 saturated heterocycles. The number of benzene rings is 1. The highest BCUT2D eigenvalue weighted by atomic mass is 35.5. The fraction of sp³-hybridized carbons (Fsp3) is 0.500. The van der Waals surface area contributed by atoms with E-state index in [0.29, 0.717) is 5.02 Å². The molecule has 15 heavy (non-hydrogen) atoms. The molecule has 0 spiro atoms. The normalized spacial score (nSPS) is 16.1. The third-order valence-electron chi connectivity index (χ3n) is 3.32. The highest BCUT2D eigenvalue weighted by molar-refractivity contribution is 6.33. The number of rotatable bonds is 1. The SMILES string of the molecule is Cc1c(N2CCCC2)cc(Cl)c(N)c1C. The fourth-order valence-corrected chi connectivity index (χ4v) is 2.41. The zero-order chi connectivity index (χ0) is 11.0. The van der Waals surface area contributed by atoms with Crippen LogP contribution in [0.2, 0.25) is 5.02 Å². The number of nitrogens with two attached hydrogens (primary N) is 1. The van der Waals surface area contributed by atoms with Crippen LogP contribution >= 0.6 is 11.6 Å². The van der Waals surface area contributed by atoms with Gasteiger partial charge in [-0.1, -0.05) is 11.6 Å². The highest BCUT2D eigenvalue weighted by Crippen LogP contribution is 2.34. The van der Waals surface area contributed by atoms with Crippen molar-refractivity contribution in [3.05, 3.63) is 22.2 Å². The monoisotopic (exact) mass is 224 g/mol. The van der Waals surface area contributed by atoms with E-state index in [1.807, 2.05) is 13.0 Å². The van der Waals surface area contributed by atoms with Crippen molar-refractivity contribution in [2.75, 3.05) is 23.7 Å². The number of anilines is 2. The standard InChI is InChI=1S/C12H17ClN2/c1-8-9(2)12(14)10(13)7-11(8)15-5-3-4-6-15/h7H,3-6,14H2,1-2H3. The van der Waals surface area contributed by atoms with E-state index in [4.69, 9.17) is 17.3 Å². The van der Waals surface area contributed by atoms with E-state index >= 15 is 0 Å². The van der Waals surface area contributed by atoms with Gasteiger partial charge in [0.2, 0.25) is 0 Å².